The van der Waals surface area contributed by atoms with Gasteiger partial charge in [0.1, 0.15) is 6.04 Å². The zero-order valence-corrected chi connectivity index (χ0v) is 17.0. The molecule has 1 atom stereocenters. The molecular weight excluding hydrogens is 384 g/mol. The molecular formula is C20H23ClN2O3S. The number of nitrogens with one attached hydrogen (secondary N) is 1. The summed E-state index contributed by atoms with van der Waals surface area (Å²) < 4.78 is 27.5. The molecule has 1 fully saturated rings. The number of nitrogens with zero attached hydrogens (tertiary/aromatic N) is 1. The summed E-state index contributed by atoms with van der Waals surface area (Å²) in [4.78, 5) is 13.0. The van der Waals surface area contributed by atoms with E-state index >= 15 is 0 Å². The Hall–Kier alpha value is -1.89. The largest absolute Gasteiger partial charge is 0.325 e. The minimum atomic E-state index is -3.77. The van der Waals surface area contributed by atoms with Crippen molar-refractivity contribution in [3.05, 3.63) is 58.6 Å². The van der Waals surface area contributed by atoms with E-state index in [0.29, 0.717) is 23.7 Å². The summed E-state index contributed by atoms with van der Waals surface area (Å²) in [6.07, 6.45) is 2.06. The second-order valence-corrected chi connectivity index (χ2v) is 9.20. The zero-order chi connectivity index (χ0) is 19.6. The summed E-state index contributed by atoms with van der Waals surface area (Å²) in [6.45, 7) is 4.31. The topological polar surface area (TPSA) is 66.5 Å². The third-order valence-electron chi connectivity index (χ3n) is 4.95. The first kappa shape index (κ1) is 19.9. The Morgan fingerprint density at radius 3 is 2.44 bits per heavy atom. The van der Waals surface area contributed by atoms with Gasteiger partial charge in [0, 0.05) is 17.3 Å². The number of hydrogen-bond donors (Lipinski definition) is 1. The average Bonchev–Trinajstić information content (AvgIpc) is 2.65. The smallest absolute Gasteiger partial charge is 0.243 e. The maximum absolute atomic E-state index is 13.1. The van der Waals surface area contributed by atoms with E-state index in [1.807, 2.05) is 32.0 Å². The van der Waals surface area contributed by atoms with Crippen LogP contribution in [0.25, 0.3) is 0 Å². The molecule has 2 aromatic rings. The first-order valence-corrected chi connectivity index (χ1v) is 10.8. The lowest BCUT2D eigenvalue weighted by atomic mass is 10.0. The summed E-state index contributed by atoms with van der Waals surface area (Å²) in [5, 5.41) is 3.35. The van der Waals surface area contributed by atoms with Crippen LogP contribution in [0.5, 0.6) is 0 Å². The first-order chi connectivity index (χ1) is 12.8. The molecule has 0 unspecified atom stereocenters. The summed E-state index contributed by atoms with van der Waals surface area (Å²) in [7, 11) is -3.77. The number of anilines is 1. The summed E-state index contributed by atoms with van der Waals surface area (Å²) in [6, 6.07) is 11.0. The van der Waals surface area contributed by atoms with Gasteiger partial charge in [0.15, 0.2) is 0 Å². The highest BCUT2D eigenvalue weighted by atomic mass is 35.5. The van der Waals surface area contributed by atoms with E-state index in [4.69, 9.17) is 11.6 Å². The molecule has 7 heteroatoms. The number of carbonyl (C=O) groups excluding carboxylic acids is 1. The van der Waals surface area contributed by atoms with Crippen LogP contribution in [0, 0.1) is 13.8 Å². The number of benzene rings is 2. The Morgan fingerprint density at radius 1 is 1.07 bits per heavy atom. The third kappa shape index (κ3) is 4.34. The number of aryl methyl sites for hydroxylation is 2. The van der Waals surface area contributed by atoms with Crippen molar-refractivity contribution < 1.29 is 13.2 Å². The molecule has 0 aliphatic carbocycles. The van der Waals surface area contributed by atoms with Crippen LogP contribution in [0.3, 0.4) is 0 Å². The van der Waals surface area contributed by atoms with Crippen molar-refractivity contribution in [1.29, 1.82) is 0 Å². The molecule has 0 radical (unpaired) electrons. The van der Waals surface area contributed by atoms with Crippen molar-refractivity contribution in [3.8, 4) is 0 Å². The minimum Gasteiger partial charge on any atom is -0.325 e. The van der Waals surface area contributed by atoms with Crippen molar-refractivity contribution in [2.24, 2.45) is 0 Å². The molecule has 0 aromatic heterocycles. The van der Waals surface area contributed by atoms with Gasteiger partial charge in [-0.15, -0.1) is 0 Å². The lowest BCUT2D eigenvalue weighted by Gasteiger charge is -2.33. The Morgan fingerprint density at radius 2 is 1.78 bits per heavy atom. The normalized spacial score (nSPS) is 18.3. The molecule has 0 saturated carbocycles. The lowest BCUT2D eigenvalue weighted by molar-refractivity contribution is -0.120. The maximum atomic E-state index is 13.1. The highest BCUT2D eigenvalue weighted by molar-refractivity contribution is 7.89. The fourth-order valence-electron chi connectivity index (χ4n) is 3.24. The number of piperidine rings is 1. The van der Waals surface area contributed by atoms with Gasteiger partial charge >= 0.3 is 0 Å². The van der Waals surface area contributed by atoms with Gasteiger partial charge in [-0.1, -0.05) is 24.1 Å². The fraction of sp³-hybridized carbons (Fsp3) is 0.350. The predicted molar refractivity (Wildman–Crippen MR) is 108 cm³/mol. The zero-order valence-electron chi connectivity index (χ0n) is 15.4. The molecule has 1 aliphatic rings. The minimum absolute atomic E-state index is 0.151. The van der Waals surface area contributed by atoms with Crippen molar-refractivity contribution in [2.45, 2.75) is 44.0 Å². The highest BCUT2D eigenvalue weighted by Crippen LogP contribution is 2.27. The van der Waals surface area contributed by atoms with E-state index in [0.717, 1.165) is 24.0 Å². The van der Waals surface area contributed by atoms with Crippen LogP contribution in [0.15, 0.2) is 47.4 Å². The quantitative estimate of drug-likeness (QED) is 0.829. The number of carbonyl (C=O) groups is 1. The number of rotatable bonds is 4. The van der Waals surface area contributed by atoms with Gasteiger partial charge < -0.3 is 5.32 Å². The van der Waals surface area contributed by atoms with Crippen LogP contribution in [0.1, 0.15) is 30.4 Å². The molecule has 2 aromatic carbocycles. The molecule has 27 heavy (non-hydrogen) atoms. The van der Waals surface area contributed by atoms with E-state index in [1.165, 1.54) is 16.4 Å². The maximum Gasteiger partial charge on any atom is 0.243 e. The SMILES string of the molecule is Cc1ccc(NC(=O)[C@H]2CCCCN2S(=O)(=O)c2ccc(Cl)cc2)cc1C. The van der Waals surface area contributed by atoms with E-state index in [-0.39, 0.29) is 10.8 Å². The highest BCUT2D eigenvalue weighted by Gasteiger charge is 2.37. The Kier molecular flexibility index (Phi) is 5.89. The van der Waals surface area contributed by atoms with Gasteiger partial charge in [0.2, 0.25) is 15.9 Å². The van der Waals surface area contributed by atoms with Crippen LogP contribution < -0.4 is 5.32 Å². The number of halogens is 1. The number of amides is 1. The monoisotopic (exact) mass is 406 g/mol. The van der Waals surface area contributed by atoms with E-state index in [9.17, 15) is 13.2 Å². The van der Waals surface area contributed by atoms with Gasteiger partial charge in [0.05, 0.1) is 4.90 Å². The van der Waals surface area contributed by atoms with E-state index < -0.39 is 16.1 Å². The van der Waals surface area contributed by atoms with Gasteiger partial charge in [0.25, 0.3) is 0 Å². The number of hydrogen-bond acceptors (Lipinski definition) is 3. The van der Waals surface area contributed by atoms with E-state index in [2.05, 4.69) is 5.32 Å². The molecule has 1 heterocycles. The predicted octanol–water partition coefficient (Wildman–Crippen LogP) is 4.14. The molecule has 1 N–H and O–H groups in total. The molecule has 1 aliphatic heterocycles. The van der Waals surface area contributed by atoms with Crippen LogP contribution in [-0.4, -0.2) is 31.2 Å². The average molecular weight is 407 g/mol. The van der Waals surface area contributed by atoms with Gasteiger partial charge in [-0.3, -0.25) is 4.79 Å². The van der Waals surface area contributed by atoms with Crippen molar-refractivity contribution >= 4 is 33.2 Å². The Balaban J connectivity index is 1.85. The second-order valence-electron chi connectivity index (χ2n) is 6.87. The van der Waals surface area contributed by atoms with Gasteiger partial charge in [-0.25, -0.2) is 8.42 Å². The molecule has 1 amide bonds. The fourth-order valence-corrected chi connectivity index (χ4v) is 5.02. The van der Waals surface area contributed by atoms with Crippen molar-refractivity contribution in [1.82, 2.24) is 4.31 Å². The molecule has 144 valence electrons. The van der Waals surface area contributed by atoms with Crippen molar-refractivity contribution in [3.63, 3.8) is 0 Å². The summed E-state index contributed by atoms with van der Waals surface area (Å²) in [5.41, 5.74) is 2.89. The molecule has 3 rings (SSSR count). The van der Waals surface area contributed by atoms with Crippen molar-refractivity contribution in [2.75, 3.05) is 11.9 Å². The second kappa shape index (κ2) is 8.00. The van der Waals surface area contributed by atoms with Crippen LogP contribution >= 0.6 is 11.6 Å². The van der Waals surface area contributed by atoms with E-state index in [1.54, 1.807) is 12.1 Å². The first-order valence-electron chi connectivity index (χ1n) is 8.94. The summed E-state index contributed by atoms with van der Waals surface area (Å²) in [5.74, 6) is -0.296. The number of sulfonamides is 1. The Bertz CT molecular complexity index is 942. The molecule has 5 nitrogen and oxygen atoms in total. The Labute approximate surface area is 165 Å². The van der Waals surface area contributed by atoms with Crippen LogP contribution in [0.2, 0.25) is 5.02 Å². The standard InChI is InChI=1S/C20H23ClN2O3S/c1-14-6-9-17(13-15(14)2)22-20(24)19-5-3-4-12-23(19)27(25,26)18-10-7-16(21)8-11-18/h6-11,13,19H,3-5,12H2,1-2H3,(H,22,24)/t19-/m1/s1. The lowest BCUT2D eigenvalue weighted by Crippen LogP contribution is -2.49. The summed E-state index contributed by atoms with van der Waals surface area (Å²) >= 11 is 5.87. The van der Waals surface area contributed by atoms with Crippen LogP contribution in [-0.2, 0) is 14.8 Å². The third-order valence-corrected chi connectivity index (χ3v) is 7.13. The molecule has 0 bridgehead atoms. The molecule has 0 spiro atoms. The van der Waals surface area contributed by atoms with Gasteiger partial charge in [-0.2, -0.15) is 4.31 Å². The van der Waals surface area contributed by atoms with Crippen LogP contribution in [0.4, 0.5) is 5.69 Å². The molecule has 1 saturated heterocycles. The van der Waals surface area contributed by atoms with Gasteiger partial charge in [-0.05, 0) is 74.2 Å².